The fourth-order valence-corrected chi connectivity index (χ4v) is 3.75. The Morgan fingerprint density at radius 3 is 2.80 bits per heavy atom. The second-order valence-electron chi connectivity index (χ2n) is 7.62. The molecule has 0 aliphatic carbocycles. The van der Waals surface area contributed by atoms with Crippen molar-refractivity contribution in [1.29, 1.82) is 0 Å². The summed E-state index contributed by atoms with van der Waals surface area (Å²) in [5, 5.41) is 11.0. The maximum atomic E-state index is 13.1. The molecule has 1 aliphatic heterocycles. The van der Waals surface area contributed by atoms with Gasteiger partial charge in [0.05, 0.1) is 18.0 Å². The minimum Gasteiger partial charge on any atom is -0.492 e. The minimum absolute atomic E-state index is 0.112. The molecule has 4 rings (SSSR count). The van der Waals surface area contributed by atoms with Crippen LogP contribution < -0.4 is 16.2 Å². The number of carbonyl (C=O) groups excluding carboxylic acids is 1. The van der Waals surface area contributed by atoms with Gasteiger partial charge in [0.25, 0.3) is 5.91 Å². The number of aliphatic hydroxyl groups is 1. The zero-order valence-electron chi connectivity index (χ0n) is 16.7. The number of amides is 1. The number of nitrogens with two attached hydrogens (primary N) is 2. The van der Waals surface area contributed by atoms with E-state index in [2.05, 4.69) is 15.0 Å². The third-order valence-electron chi connectivity index (χ3n) is 5.50. The van der Waals surface area contributed by atoms with E-state index in [-0.39, 0.29) is 11.7 Å². The highest BCUT2D eigenvalue weighted by Gasteiger charge is 2.41. The molecule has 30 heavy (non-hydrogen) atoms. The lowest BCUT2D eigenvalue weighted by atomic mass is 9.88. The van der Waals surface area contributed by atoms with Crippen molar-refractivity contribution in [3.8, 4) is 5.75 Å². The van der Waals surface area contributed by atoms with E-state index >= 15 is 0 Å². The van der Waals surface area contributed by atoms with Gasteiger partial charge in [0, 0.05) is 25.2 Å². The first-order chi connectivity index (χ1) is 14.4. The predicted octanol–water partition coefficient (Wildman–Crippen LogP) is 0.584. The SMILES string of the molecule is C[C@@]1(O)CCN(C(=O)c2ccc(OCCN)cc2)C[C@H]1n1cnc2c(N)ncnc21. The van der Waals surface area contributed by atoms with Crippen molar-refractivity contribution >= 4 is 22.9 Å². The Morgan fingerprint density at radius 1 is 1.30 bits per heavy atom. The zero-order chi connectivity index (χ0) is 21.3. The minimum atomic E-state index is -1.04. The van der Waals surface area contributed by atoms with E-state index in [1.165, 1.54) is 6.33 Å². The molecule has 0 spiro atoms. The number of nitrogen functional groups attached to an aromatic ring is 1. The van der Waals surface area contributed by atoms with Crippen LogP contribution in [-0.4, -0.2) is 67.3 Å². The average molecular weight is 411 g/mol. The molecule has 0 bridgehead atoms. The van der Waals surface area contributed by atoms with Crippen LogP contribution in [0.15, 0.2) is 36.9 Å². The molecule has 3 heterocycles. The number of rotatable bonds is 5. The number of hydrogen-bond acceptors (Lipinski definition) is 8. The van der Waals surface area contributed by atoms with Crippen molar-refractivity contribution in [1.82, 2.24) is 24.4 Å². The van der Waals surface area contributed by atoms with Crippen LogP contribution in [0.2, 0.25) is 0 Å². The lowest BCUT2D eigenvalue weighted by Crippen LogP contribution is -2.52. The second kappa shape index (κ2) is 7.88. The average Bonchev–Trinajstić information content (AvgIpc) is 3.17. The summed E-state index contributed by atoms with van der Waals surface area (Å²) in [5.41, 5.74) is 11.9. The molecule has 2 atom stereocenters. The second-order valence-corrected chi connectivity index (χ2v) is 7.62. The number of ether oxygens (including phenoxy) is 1. The van der Waals surface area contributed by atoms with E-state index in [0.717, 1.165) is 0 Å². The highest BCUT2D eigenvalue weighted by Crippen LogP contribution is 2.34. The molecular formula is C20H25N7O3. The van der Waals surface area contributed by atoms with Gasteiger partial charge in [-0.15, -0.1) is 0 Å². The molecule has 1 aliphatic rings. The fraction of sp³-hybridized carbons (Fsp3) is 0.400. The van der Waals surface area contributed by atoms with Crippen molar-refractivity contribution in [3.63, 3.8) is 0 Å². The van der Waals surface area contributed by atoms with Gasteiger partial charge in [-0.1, -0.05) is 0 Å². The van der Waals surface area contributed by atoms with Crippen LogP contribution in [0.1, 0.15) is 29.7 Å². The molecule has 1 amide bonds. The number of imidazole rings is 1. The van der Waals surface area contributed by atoms with Gasteiger partial charge in [0.1, 0.15) is 24.2 Å². The topological polar surface area (TPSA) is 145 Å². The highest BCUT2D eigenvalue weighted by molar-refractivity contribution is 5.94. The molecule has 2 aromatic heterocycles. The van der Waals surface area contributed by atoms with E-state index < -0.39 is 11.6 Å². The molecule has 10 nitrogen and oxygen atoms in total. The Labute approximate surface area is 173 Å². The Balaban J connectivity index is 1.58. The van der Waals surface area contributed by atoms with Crippen LogP contribution >= 0.6 is 0 Å². The van der Waals surface area contributed by atoms with Gasteiger partial charge in [-0.2, -0.15) is 0 Å². The van der Waals surface area contributed by atoms with Crippen LogP contribution in [-0.2, 0) is 0 Å². The van der Waals surface area contributed by atoms with Crippen LogP contribution in [0.5, 0.6) is 5.75 Å². The van der Waals surface area contributed by atoms with Crippen LogP contribution in [0.3, 0.4) is 0 Å². The summed E-state index contributed by atoms with van der Waals surface area (Å²) < 4.78 is 7.24. The molecule has 0 saturated carbocycles. The van der Waals surface area contributed by atoms with Gasteiger partial charge < -0.3 is 30.8 Å². The highest BCUT2D eigenvalue weighted by atomic mass is 16.5. The van der Waals surface area contributed by atoms with E-state index in [4.69, 9.17) is 16.2 Å². The number of anilines is 1. The van der Waals surface area contributed by atoms with Crippen molar-refractivity contribution in [2.75, 3.05) is 32.0 Å². The van der Waals surface area contributed by atoms with E-state index in [0.29, 0.717) is 55.1 Å². The first-order valence-electron chi connectivity index (χ1n) is 9.78. The van der Waals surface area contributed by atoms with Crippen molar-refractivity contribution in [2.24, 2.45) is 5.73 Å². The Hall–Kier alpha value is -3.24. The monoisotopic (exact) mass is 411 g/mol. The molecule has 1 aromatic carbocycles. The number of piperidine rings is 1. The number of carbonyl (C=O) groups is 1. The molecule has 5 N–H and O–H groups in total. The predicted molar refractivity (Wildman–Crippen MR) is 111 cm³/mol. The van der Waals surface area contributed by atoms with Gasteiger partial charge in [0.2, 0.25) is 0 Å². The fourth-order valence-electron chi connectivity index (χ4n) is 3.75. The number of benzene rings is 1. The van der Waals surface area contributed by atoms with E-state index in [9.17, 15) is 9.90 Å². The molecule has 3 aromatic rings. The number of nitrogens with zero attached hydrogens (tertiary/aromatic N) is 5. The maximum Gasteiger partial charge on any atom is 0.253 e. The smallest absolute Gasteiger partial charge is 0.253 e. The Kier molecular flexibility index (Phi) is 5.27. The molecule has 158 valence electrons. The molecule has 1 saturated heterocycles. The van der Waals surface area contributed by atoms with Crippen molar-refractivity contribution in [2.45, 2.75) is 25.0 Å². The van der Waals surface area contributed by atoms with E-state index in [1.807, 2.05) is 0 Å². The molecule has 0 radical (unpaired) electrons. The molecule has 10 heteroatoms. The van der Waals surface area contributed by atoms with Gasteiger partial charge in [-0.05, 0) is 37.6 Å². The quantitative estimate of drug-likeness (QED) is 0.553. The van der Waals surface area contributed by atoms with Crippen molar-refractivity contribution in [3.05, 3.63) is 42.5 Å². The van der Waals surface area contributed by atoms with Gasteiger partial charge >= 0.3 is 0 Å². The van der Waals surface area contributed by atoms with E-state index in [1.54, 1.807) is 47.0 Å². The third-order valence-corrected chi connectivity index (χ3v) is 5.50. The summed E-state index contributed by atoms with van der Waals surface area (Å²) >= 11 is 0. The van der Waals surface area contributed by atoms with Crippen LogP contribution in [0.4, 0.5) is 5.82 Å². The lowest BCUT2D eigenvalue weighted by Gasteiger charge is -2.43. The lowest BCUT2D eigenvalue weighted by molar-refractivity contribution is -0.0433. The first kappa shape index (κ1) is 20.0. The van der Waals surface area contributed by atoms with Crippen LogP contribution in [0, 0.1) is 0 Å². The summed E-state index contributed by atoms with van der Waals surface area (Å²) in [6, 6.07) is 6.54. The largest absolute Gasteiger partial charge is 0.492 e. The number of aromatic nitrogens is 4. The summed E-state index contributed by atoms with van der Waals surface area (Å²) in [6.07, 6.45) is 3.37. The number of likely N-dealkylation sites (tertiary alicyclic amines) is 1. The standard InChI is InChI=1S/C20H25N7O3/c1-20(29)6-8-26(19(28)13-2-4-14(5-3-13)30-9-7-21)10-15(20)27-12-25-16-17(22)23-11-24-18(16)27/h2-5,11-12,15,29H,6-10,21H2,1H3,(H2,22,23,24)/t15-,20-/m1/s1. The molecule has 1 fully saturated rings. The van der Waals surface area contributed by atoms with Gasteiger partial charge in [-0.3, -0.25) is 4.79 Å². The summed E-state index contributed by atoms with van der Waals surface area (Å²) in [5.74, 6) is 0.831. The molecule has 0 unspecified atom stereocenters. The van der Waals surface area contributed by atoms with Crippen molar-refractivity contribution < 1.29 is 14.6 Å². The summed E-state index contributed by atoms with van der Waals surface area (Å²) in [7, 11) is 0. The maximum absolute atomic E-state index is 13.1. The number of fused-ring (bicyclic) bond motifs is 1. The van der Waals surface area contributed by atoms with Gasteiger partial charge in [0.15, 0.2) is 11.5 Å². The van der Waals surface area contributed by atoms with Crippen LogP contribution in [0.25, 0.3) is 11.2 Å². The summed E-state index contributed by atoms with van der Waals surface area (Å²) in [4.78, 5) is 27.3. The Morgan fingerprint density at radius 2 is 2.07 bits per heavy atom. The zero-order valence-corrected chi connectivity index (χ0v) is 16.7. The number of hydrogen-bond donors (Lipinski definition) is 3. The first-order valence-corrected chi connectivity index (χ1v) is 9.78. The summed E-state index contributed by atoms with van der Waals surface area (Å²) in [6.45, 7) is 3.36. The Bertz CT molecular complexity index is 1050. The normalized spacial score (nSPS) is 21.7. The third kappa shape index (κ3) is 3.66. The van der Waals surface area contributed by atoms with Gasteiger partial charge in [-0.25, -0.2) is 15.0 Å². The molecular weight excluding hydrogens is 386 g/mol.